The molecular weight excluding hydrogens is 825 g/mol. The van der Waals surface area contributed by atoms with Gasteiger partial charge < -0.3 is 0 Å². The fraction of sp³-hybridized carbons (Fsp3) is 0.333. The summed E-state index contributed by atoms with van der Waals surface area (Å²) in [5, 5.41) is 0. The number of fused-ring (bicyclic) bond motifs is 2. The molecule has 4 aromatic carbocycles. The Morgan fingerprint density at radius 2 is 0.920 bits per heavy atom. The van der Waals surface area contributed by atoms with Gasteiger partial charge >= 0.3 is 302 Å². The van der Waals surface area contributed by atoms with Gasteiger partial charge in [0.1, 0.15) is 0 Å². The van der Waals surface area contributed by atoms with Crippen molar-refractivity contribution in [2.24, 2.45) is 11.8 Å². The van der Waals surface area contributed by atoms with Crippen LogP contribution in [0.15, 0.2) is 96.1 Å². The van der Waals surface area contributed by atoms with Crippen molar-refractivity contribution >= 4 is 18.1 Å². The topological polar surface area (TPSA) is 0 Å². The maximum atomic E-state index is 14.3. The minimum absolute atomic E-state index is 0.184. The Bertz CT molecular complexity index is 1820. The van der Waals surface area contributed by atoms with Crippen LogP contribution in [0.25, 0.3) is 34.4 Å². The average Bonchev–Trinajstić information content (AvgIpc) is 3.66. The molecule has 50 heavy (non-hydrogen) atoms. The van der Waals surface area contributed by atoms with E-state index < -0.39 is 50.1 Å². The molecule has 0 N–H and O–H groups in total. The van der Waals surface area contributed by atoms with E-state index in [0.717, 1.165) is 47.2 Å². The zero-order chi connectivity index (χ0) is 36.1. The van der Waals surface area contributed by atoms with Crippen LogP contribution >= 0.6 is 0 Å². The van der Waals surface area contributed by atoms with Crippen LogP contribution in [-0.2, 0) is 33.0 Å². The molecule has 0 saturated carbocycles. The zero-order valence-electron chi connectivity index (χ0n) is 29.3. The average molecular weight is 868 g/mol. The van der Waals surface area contributed by atoms with Crippen LogP contribution in [0, 0.1) is 11.8 Å². The Hall–Kier alpha value is -2.97. The molecule has 4 unspecified atom stereocenters. The SMILES string of the molecule is CCC(C)C1=Cc2c(-c3ccccc3C(F)(F)F)cccc2[CH]1[Hf]([CH]1C(C(C)CC)=Cc2c(-c3ccccc3C(F)(F)F)cccc21)[SiH](C)C. The van der Waals surface area contributed by atoms with Gasteiger partial charge in [-0.2, -0.15) is 0 Å². The Labute approximate surface area is 300 Å². The van der Waals surface area contributed by atoms with Crippen molar-refractivity contribution in [2.45, 2.75) is 73.3 Å². The molecule has 261 valence electrons. The molecule has 0 bridgehead atoms. The van der Waals surface area contributed by atoms with Crippen molar-refractivity contribution in [1.82, 2.24) is 0 Å². The first-order valence-electron chi connectivity index (χ1n) is 17.6. The third-order valence-corrected chi connectivity index (χ3v) is 41.5. The number of alkyl halides is 6. The van der Waals surface area contributed by atoms with Crippen molar-refractivity contribution in [3.63, 3.8) is 0 Å². The fourth-order valence-electron chi connectivity index (χ4n) is 8.15. The van der Waals surface area contributed by atoms with E-state index in [1.54, 1.807) is 24.3 Å². The van der Waals surface area contributed by atoms with E-state index in [-0.39, 0.29) is 30.3 Å². The van der Waals surface area contributed by atoms with Gasteiger partial charge in [0.05, 0.1) is 0 Å². The van der Waals surface area contributed by atoms with Gasteiger partial charge in [0, 0.05) is 0 Å². The molecule has 6 rings (SSSR count). The predicted molar refractivity (Wildman–Crippen MR) is 193 cm³/mol. The van der Waals surface area contributed by atoms with Crippen molar-refractivity contribution in [1.29, 1.82) is 0 Å². The molecule has 0 heterocycles. The molecular formula is C42H43F6HfSi. The second kappa shape index (κ2) is 14.2. The van der Waals surface area contributed by atoms with Gasteiger partial charge in [-0.3, -0.25) is 0 Å². The molecule has 0 saturated heterocycles. The summed E-state index contributed by atoms with van der Waals surface area (Å²) in [6.07, 6.45) is -2.71. The summed E-state index contributed by atoms with van der Waals surface area (Å²) < 4.78 is 86.4. The third kappa shape index (κ3) is 6.60. The molecule has 0 aliphatic heterocycles. The Morgan fingerprint density at radius 1 is 0.560 bits per heavy atom. The van der Waals surface area contributed by atoms with E-state index in [9.17, 15) is 26.3 Å². The van der Waals surface area contributed by atoms with Gasteiger partial charge in [0.15, 0.2) is 0 Å². The molecule has 8 heteroatoms. The van der Waals surface area contributed by atoms with Crippen LogP contribution in [0.3, 0.4) is 0 Å². The van der Waals surface area contributed by atoms with Gasteiger partial charge in [-0.05, 0) is 0 Å². The van der Waals surface area contributed by atoms with Crippen molar-refractivity contribution < 1.29 is 46.9 Å². The van der Waals surface area contributed by atoms with Crippen LogP contribution in [0.5, 0.6) is 0 Å². The Kier molecular flexibility index (Phi) is 10.5. The second-order valence-electron chi connectivity index (χ2n) is 14.1. The number of benzene rings is 4. The Balaban J connectivity index is 1.58. The molecule has 2 aliphatic rings. The van der Waals surface area contributed by atoms with Crippen molar-refractivity contribution in [2.75, 3.05) is 0 Å². The van der Waals surface area contributed by atoms with Gasteiger partial charge in [-0.15, -0.1) is 0 Å². The fourth-order valence-corrected chi connectivity index (χ4v) is 40.9. The molecule has 0 radical (unpaired) electrons. The van der Waals surface area contributed by atoms with E-state index >= 15 is 0 Å². The van der Waals surface area contributed by atoms with Gasteiger partial charge in [0.2, 0.25) is 0 Å². The number of hydrogen-bond donors (Lipinski definition) is 0. The van der Waals surface area contributed by atoms with Crippen LogP contribution in [-0.4, -0.2) is 5.98 Å². The molecule has 0 fully saturated rings. The standard InChI is InChI=1S/2C20H18F3.C2H7Si.Hf/c2*1-3-13(2)15-11-14-7-6-9-16(18(14)12-15)17-8-4-5-10-19(17)20(21,22)23;1-3-2;/h2*4-13H,3H2,1-2H3;3H,1-2H3;. The summed E-state index contributed by atoms with van der Waals surface area (Å²) >= 11 is -2.99. The monoisotopic (exact) mass is 869 g/mol. The van der Waals surface area contributed by atoms with Crippen LogP contribution in [0.1, 0.15) is 81.3 Å². The van der Waals surface area contributed by atoms with Crippen LogP contribution in [0.4, 0.5) is 26.3 Å². The summed E-state index contributed by atoms with van der Waals surface area (Å²) in [5.74, 6) is -0.887. The number of allylic oxidation sites excluding steroid dienone is 2. The molecule has 0 aromatic heterocycles. The van der Waals surface area contributed by atoms with Gasteiger partial charge in [-0.25, -0.2) is 0 Å². The summed E-state index contributed by atoms with van der Waals surface area (Å²) in [4.78, 5) is 0. The third-order valence-electron chi connectivity index (χ3n) is 10.9. The van der Waals surface area contributed by atoms with E-state index in [0.29, 0.717) is 11.1 Å². The van der Waals surface area contributed by atoms with E-state index in [2.05, 4.69) is 65.1 Å². The molecule has 2 aliphatic carbocycles. The minimum atomic E-state index is -4.49. The number of halogens is 6. The molecule has 0 spiro atoms. The van der Waals surface area contributed by atoms with E-state index in [1.807, 2.05) is 24.3 Å². The summed E-state index contributed by atoms with van der Waals surface area (Å²) in [6.45, 7) is 13.7. The molecule has 4 atom stereocenters. The zero-order valence-corrected chi connectivity index (χ0v) is 34.1. The van der Waals surface area contributed by atoms with Gasteiger partial charge in [0.25, 0.3) is 0 Å². The molecule has 0 amide bonds. The second-order valence-corrected chi connectivity index (χ2v) is 42.1. The van der Waals surface area contributed by atoms with Gasteiger partial charge in [-0.1, -0.05) is 0 Å². The summed E-state index contributed by atoms with van der Waals surface area (Å²) in [5.41, 5.74) is 7.13. The normalized spacial score (nSPS) is 18.4. The van der Waals surface area contributed by atoms with E-state index in [4.69, 9.17) is 0 Å². The van der Waals surface area contributed by atoms with Crippen molar-refractivity contribution in [3.05, 3.63) is 129 Å². The molecule has 4 aromatic rings. The molecule has 0 nitrogen and oxygen atoms in total. The summed E-state index contributed by atoms with van der Waals surface area (Å²) in [7, 11) is 0. The van der Waals surface area contributed by atoms with E-state index in [1.165, 1.54) is 23.3 Å². The van der Waals surface area contributed by atoms with Crippen LogP contribution < -0.4 is 0 Å². The number of hydrogen-bond acceptors (Lipinski definition) is 0. The predicted octanol–water partition coefficient (Wildman–Crippen LogP) is 13.3. The summed E-state index contributed by atoms with van der Waals surface area (Å²) in [6, 6.07) is 23.5. The first-order chi connectivity index (χ1) is 23.7. The number of rotatable bonds is 9. The Morgan fingerprint density at radius 3 is 1.26 bits per heavy atom. The maximum absolute atomic E-state index is 14.3. The quantitative estimate of drug-likeness (QED) is 0.116. The van der Waals surface area contributed by atoms with Crippen molar-refractivity contribution in [3.8, 4) is 22.3 Å². The first-order valence-corrected chi connectivity index (χ1v) is 30.8. The first kappa shape index (κ1) is 36.8. The van der Waals surface area contributed by atoms with Crippen LogP contribution in [0.2, 0.25) is 13.1 Å².